The minimum absolute atomic E-state index is 0.142. The third-order valence-corrected chi connectivity index (χ3v) is 6.26. The number of hydrogen-bond donors (Lipinski definition) is 0. The second kappa shape index (κ2) is 12.8. The molecule has 3 aromatic carbocycles. The Morgan fingerprint density at radius 2 is 1.23 bits per heavy atom. The quantitative estimate of drug-likeness (QED) is 0.131. The van der Waals surface area contributed by atoms with Crippen LogP contribution in [0.3, 0.4) is 0 Å². The molecule has 0 radical (unpaired) electrons. The maximum atomic E-state index is 7.22. The lowest BCUT2D eigenvalue weighted by Gasteiger charge is -2.39. The Morgan fingerprint density at radius 1 is 0.742 bits per heavy atom. The topological polar surface area (TPSA) is 9.23 Å². The van der Waals surface area contributed by atoms with Crippen molar-refractivity contribution < 1.29 is 4.74 Å². The van der Waals surface area contributed by atoms with Crippen LogP contribution in [0.5, 0.6) is 0 Å². The van der Waals surface area contributed by atoms with Crippen molar-refractivity contribution in [3.05, 3.63) is 118 Å². The molecule has 0 spiro atoms. The van der Waals surface area contributed by atoms with E-state index in [0.717, 1.165) is 12.8 Å². The SMILES string of the molecule is CCCCCCC(CC=CI)OC(c1ccccc1)(c1ccccc1)c1ccccc1. The normalized spacial score (nSPS) is 12.8. The van der Waals surface area contributed by atoms with Crippen LogP contribution in [0.1, 0.15) is 62.1 Å². The first kappa shape index (κ1) is 23.7. The van der Waals surface area contributed by atoms with Gasteiger partial charge < -0.3 is 4.74 Å². The van der Waals surface area contributed by atoms with Crippen LogP contribution in [0.15, 0.2) is 101 Å². The molecular weight excluding hydrogens is 491 g/mol. The van der Waals surface area contributed by atoms with E-state index in [1.807, 2.05) is 0 Å². The molecule has 0 N–H and O–H groups in total. The van der Waals surface area contributed by atoms with Gasteiger partial charge in [0.2, 0.25) is 0 Å². The van der Waals surface area contributed by atoms with E-state index in [1.165, 1.54) is 42.4 Å². The van der Waals surface area contributed by atoms with E-state index >= 15 is 0 Å². The first-order chi connectivity index (χ1) is 15.3. The Kier molecular flexibility index (Phi) is 9.83. The van der Waals surface area contributed by atoms with Gasteiger partial charge in [-0.1, -0.05) is 152 Å². The molecule has 0 aliphatic heterocycles. The lowest BCUT2D eigenvalue weighted by Crippen LogP contribution is -2.37. The van der Waals surface area contributed by atoms with Gasteiger partial charge in [0.05, 0.1) is 6.10 Å². The van der Waals surface area contributed by atoms with Gasteiger partial charge in [0.1, 0.15) is 5.60 Å². The van der Waals surface area contributed by atoms with E-state index in [0.29, 0.717) is 0 Å². The molecule has 31 heavy (non-hydrogen) atoms. The van der Waals surface area contributed by atoms with Crippen molar-refractivity contribution in [2.45, 2.75) is 57.2 Å². The Balaban J connectivity index is 2.09. The second-order valence-electron chi connectivity index (χ2n) is 7.97. The maximum Gasteiger partial charge on any atom is 0.144 e. The number of hydrogen-bond acceptors (Lipinski definition) is 1. The van der Waals surface area contributed by atoms with Crippen molar-refractivity contribution in [1.82, 2.24) is 0 Å². The summed E-state index contributed by atoms with van der Waals surface area (Å²) in [5, 5.41) is 0. The predicted molar refractivity (Wildman–Crippen MR) is 141 cm³/mol. The highest BCUT2D eigenvalue weighted by atomic mass is 127. The zero-order valence-electron chi connectivity index (χ0n) is 18.4. The van der Waals surface area contributed by atoms with E-state index in [2.05, 4.69) is 131 Å². The maximum absolute atomic E-state index is 7.22. The van der Waals surface area contributed by atoms with Crippen molar-refractivity contribution in [2.24, 2.45) is 0 Å². The fourth-order valence-corrected chi connectivity index (χ4v) is 4.49. The summed E-state index contributed by atoms with van der Waals surface area (Å²) in [4.78, 5) is 0. The molecule has 1 unspecified atom stereocenters. The Morgan fingerprint density at radius 3 is 1.65 bits per heavy atom. The zero-order valence-corrected chi connectivity index (χ0v) is 20.6. The average Bonchev–Trinajstić information content (AvgIpc) is 2.85. The van der Waals surface area contributed by atoms with Crippen molar-refractivity contribution in [1.29, 1.82) is 0 Å². The molecule has 0 aliphatic carbocycles. The third-order valence-electron chi connectivity index (χ3n) is 5.75. The number of halogens is 1. The van der Waals surface area contributed by atoms with E-state index in [-0.39, 0.29) is 6.10 Å². The number of benzene rings is 3. The smallest absolute Gasteiger partial charge is 0.144 e. The van der Waals surface area contributed by atoms with Crippen molar-refractivity contribution in [3.63, 3.8) is 0 Å². The van der Waals surface area contributed by atoms with Gasteiger partial charge >= 0.3 is 0 Å². The van der Waals surface area contributed by atoms with Gasteiger partial charge in [-0.3, -0.25) is 0 Å². The number of unbranched alkanes of at least 4 members (excludes halogenated alkanes) is 3. The van der Waals surface area contributed by atoms with Crippen LogP contribution in [-0.2, 0) is 10.3 Å². The predicted octanol–water partition coefficient (Wildman–Crippen LogP) is 8.67. The Hall–Kier alpha value is -1.91. The van der Waals surface area contributed by atoms with Crippen LogP contribution in [0.2, 0.25) is 0 Å². The minimum atomic E-state index is -0.641. The lowest BCUT2D eigenvalue weighted by atomic mass is 9.79. The molecule has 0 aliphatic rings. The molecular formula is C29H33IO. The molecule has 0 heterocycles. The van der Waals surface area contributed by atoms with E-state index in [1.54, 1.807) is 0 Å². The second-order valence-corrected chi connectivity index (χ2v) is 8.69. The highest BCUT2D eigenvalue weighted by molar-refractivity contribution is 14.1. The molecule has 2 heteroatoms. The van der Waals surface area contributed by atoms with Crippen molar-refractivity contribution in [2.75, 3.05) is 0 Å². The molecule has 162 valence electrons. The summed E-state index contributed by atoms with van der Waals surface area (Å²) >= 11 is 2.31. The molecule has 1 nitrogen and oxygen atoms in total. The fraction of sp³-hybridized carbons (Fsp3) is 0.310. The standard InChI is InChI=1S/C29H33IO/c1-2-3-4-14-22-28(23-15-24-30)31-29(25-16-8-5-9-17-25,26-18-10-6-11-19-26)27-20-12-7-13-21-27/h5-13,15-21,24,28H,2-4,14,22-23H2,1H3. The molecule has 0 amide bonds. The molecule has 0 aromatic heterocycles. The summed E-state index contributed by atoms with van der Waals surface area (Å²) in [6.45, 7) is 2.26. The van der Waals surface area contributed by atoms with Crippen LogP contribution in [0, 0.1) is 0 Å². The molecule has 0 bridgehead atoms. The summed E-state index contributed by atoms with van der Waals surface area (Å²) < 4.78 is 9.33. The van der Waals surface area contributed by atoms with Gasteiger partial charge in [0, 0.05) is 0 Å². The van der Waals surface area contributed by atoms with Crippen LogP contribution in [0.4, 0.5) is 0 Å². The van der Waals surface area contributed by atoms with E-state index in [4.69, 9.17) is 4.74 Å². The van der Waals surface area contributed by atoms with Crippen LogP contribution in [-0.4, -0.2) is 6.10 Å². The Labute approximate surface area is 201 Å². The summed E-state index contributed by atoms with van der Waals surface area (Å²) in [5.41, 5.74) is 2.87. The monoisotopic (exact) mass is 524 g/mol. The van der Waals surface area contributed by atoms with Gasteiger partial charge in [-0.2, -0.15) is 0 Å². The largest absolute Gasteiger partial charge is 0.357 e. The highest BCUT2D eigenvalue weighted by Gasteiger charge is 2.39. The lowest BCUT2D eigenvalue weighted by molar-refractivity contribution is -0.0502. The average molecular weight is 524 g/mol. The zero-order chi connectivity index (χ0) is 21.8. The minimum Gasteiger partial charge on any atom is -0.357 e. The molecule has 0 fully saturated rings. The first-order valence-electron chi connectivity index (χ1n) is 11.4. The first-order valence-corrected chi connectivity index (χ1v) is 12.7. The molecule has 1 atom stereocenters. The van der Waals surface area contributed by atoms with Gasteiger partial charge in [-0.15, -0.1) is 0 Å². The van der Waals surface area contributed by atoms with Gasteiger partial charge in [0.15, 0.2) is 0 Å². The number of rotatable bonds is 12. The third kappa shape index (κ3) is 6.30. The van der Waals surface area contributed by atoms with Gasteiger partial charge in [0.25, 0.3) is 0 Å². The van der Waals surface area contributed by atoms with Crippen LogP contribution in [0.25, 0.3) is 0 Å². The Bertz CT molecular complexity index is 793. The van der Waals surface area contributed by atoms with Crippen LogP contribution < -0.4 is 0 Å². The fourth-order valence-electron chi connectivity index (χ4n) is 4.20. The molecule has 3 rings (SSSR count). The molecule has 0 saturated carbocycles. The summed E-state index contributed by atoms with van der Waals surface area (Å²) in [6, 6.07) is 32.1. The summed E-state index contributed by atoms with van der Waals surface area (Å²) in [6.07, 6.45) is 9.36. The van der Waals surface area contributed by atoms with E-state index < -0.39 is 5.60 Å². The van der Waals surface area contributed by atoms with Gasteiger partial charge in [-0.25, -0.2) is 0 Å². The number of ether oxygens (including phenoxy) is 1. The van der Waals surface area contributed by atoms with Crippen LogP contribution >= 0.6 is 22.6 Å². The summed E-state index contributed by atoms with van der Waals surface area (Å²) in [7, 11) is 0. The van der Waals surface area contributed by atoms with Crippen molar-refractivity contribution in [3.8, 4) is 0 Å². The van der Waals surface area contributed by atoms with Crippen molar-refractivity contribution >= 4 is 22.6 Å². The van der Waals surface area contributed by atoms with Gasteiger partial charge in [-0.05, 0) is 33.6 Å². The highest BCUT2D eigenvalue weighted by Crippen LogP contribution is 2.42. The molecule has 3 aromatic rings. The van der Waals surface area contributed by atoms with E-state index in [9.17, 15) is 0 Å². The summed E-state index contributed by atoms with van der Waals surface area (Å²) in [5.74, 6) is 0. The molecule has 0 saturated heterocycles.